The number of ether oxygens (including phenoxy) is 1. The van der Waals surface area contributed by atoms with E-state index in [1.165, 1.54) is 19.3 Å². The highest BCUT2D eigenvalue weighted by Crippen LogP contribution is 2.05. The Balaban J connectivity index is 3.18. The van der Waals surface area contributed by atoms with Crippen molar-refractivity contribution in [1.29, 1.82) is 0 Å². The van der Waals surface area contributed by atoms with Gasteiger partial charge in [0.1, 0.15) is 0 Å². The van der Waals surface area contributed by atoms with Crippen molar-refractivity contribution < 1.29 is 29.2 Å². The molecule has 0 saturated heterocycles. The summed E-state index contributed by atoms with van der Waals surface area (Å²) in [7, 11) is 0. The van der Waals surface area contributed by atoms with Gasteiger partial charge < -0.3 is 9.84 Å². The summed E-state index contributed by atoms with van der Waals surface area (Å²) in [4.78, 5) is 27.8. The van der Waals surface area contributed by atoms with Crippen LogP contribution in [0.3, 0.4) is 0 Å². The van der Waals surface area contributed by atoms with Crippen LogP contribution in [-0.4, -0.2) is 24.0 Å². The van der Waals surface area contributed by atoms with Crippen LogP contribution in [-0.2, 0) is 14.5 Å². The van der Waals surface area contributed by atoms with Crippen LogP contribution >= 0.6 is 0 Å². The van der Waals surface area contributed by atoms with E-state index in [2.05, 4.69) is 21.4 Å². The monoisotopic (exact) mass is 234 g/mol. The number of carboxylic acid groups (broad SMARTS) is 1. The highest BCUT2D eigenvalue weighted by atomic mass is 17.3. The summed E-state index contributed by atoms with van der Waals surface area (Å²) in [6.07, 6.45) is 3.61. The zero-order valence-electron chi connectivity index (χ0n) is 9.44. The number of carbonyl (C=O) groups is 2. The normalized spacial score (nSPS) is 9.56. The van der Waals surface area contributed by atoms with Crippen LogP contribution < -0.4 is 0 Å². The van der Waals surface area contributed by atoms with E-state index in [0.717, 1.165) is 19.3 Å². The molecule has 0 aromatic heterocycles. The molecule has 0 aliphatic heterocycles. The van der Waals surface area contributed by atoms with Crippen LogP contribution in [0.1, 0.15) is 45.4 Å². The molecule has 0 radical (unpaired) electrons. The molecule has 16 heavy (non-hydrogen) atoms. The van der Waals surface area contributed by atoms with E-state index in [1.54, 1.807) is 0 Å². The lowest BCUT2D eigenvalue weighted by molar-refractivity contribution is -0.213. The van der Waals surface area contributed by atoms with Gasteiger partial charge in [-0.2, -0.15) is 9.68 Å². The molecule has 1 N–H and O–H groups in total. The summed E-state index contributed by atoms with van der Waals surface area (Å²) < 4.78 is 4.55. The summed E-state index contributed by atoms with van der Waals surface area (Å²) in [5.74, 6) is 0. The Kier molecular flexibility index (Phi) is 9.15. The summed E-state index contributed by atoms with van der Waals surface area (Å²) in [5.41, 5.74) is 0. The van der Waals surface area contributed by atoms with Crippen LogP contribution in [0.2, 0.25) is 0 Å². The van der Waals surface area contributed by atoms with Gasteiger partial charge in [-0.1, -0.05) is 39.0 Å². The number of carbonyl (C=O) groups excluding carboxylic acids is 1. The van der Waals surface area contributed by atoms with Gasteiger partial charge in [0.15, 0.2) is 0 Å². The van der Waals surface area contributed by atoms with Crippen LogP contribution in [0.25, 0.3) is 0 Å². The Labute approximate surface area is 94.4 Å². The Morgan fingerprint density at radius 2 is 1.62 bits per heavy atom. The van der Waals surface area contributed by atoms with Crippen molar-refractivity contribution in [3.8, 4) is 0 Å². The first-order valence-corrected chi connectivity index (χ1v) is 5.41. The fourth-order valence-electron chi connectivity index (χ4n) is 1.13. The number of rotatable bonds is 7. The Hall–Kier alpha value is -1.46. The lowest BCUT2D eigenvalue weighted by Crippen LogP contribution is -2.11. The highest BCUT2D eigenvalue weighted by Gasteiger charge is 2.08. The number of hydrogen-bond donors (Lipinski definition) is 1. The lowest BCUT2D eigenvalue weighted by atomic mass is 10.1. The van der Waals surface area contributed by atoms with Crippen molar-refractivity contribution >= 4 is 12.3 Å². The van der Waals surface area contributed by atoms with Gasteiger partial charge >= 0.3 is 12.3 Å². The van der Waals surface area contributed by atoms with Crippen LogP contribution in [0, 0.1) is 0 Å². The minimum absolute atomic E-state index is 0.216. The van der Waals surface area contributed by atoms with E-state index in [9.17, 15) is 9.59 Å². The van der Waals surface area contributed by atoms with Crippen molar-refractivity contribution in [3.05, 3.63) is 0 Å². The number of unbranched alkanes of at least 4 members (excludes halogenated alkanes) is 5. The van der Waals surface area contributed by atoms with Gasteiger partial charge in [0.2, 0.25) is 0 Å². The molecular formula is C10H18O6. The van der Waals surface area contributed by atoms with Gasteiger partial charge in [0.05, 0.1) is 6.61 Å². The minimum atomic E-state index is -1.68. The molecule has 0 unspecified atom stereocenters. The van der Waals surface area contributed by atoms with Crippen molar-refractivity contribution in [2.45, 2.75) is 45.4 Å². The van der Waals surface area contributed by atoms with Gasteiger partial charge in [-0.3, -0.25) is 0 Å². The van der Waals surface area contributed by atoms with Crippen molar-refractivity contribution in [2.24, 2.45) is 0 Å². The molecule has 94 valence electrons. The standard InChI is InChI=1S/C10H18O6/c1-2-3-4-5-6-7-8-14-10(13)16-15-9(11)12/h2-8H2,1H3,(H,11,12). The second-order valence-electron chi connectivity index (χ2n) is 3.30. The fourth-order valence-corrected chi connectivity index (χ4v) is 1.13. The van der Waals surface area contributed by atoms with Crippen molar-refractivity contribution in [1.82, 2.24) is 0 Å². The van der Waals surface area contributed by atoms with E-state index in [0.29, 0.717) is 0 Å². The third kappa shape index (κ3) is 10.6. The lowest BCUT2D eigenvalue weighted by Gasteiger charge is -2.02. The number of hydrogen-bond acceptors (Lipinski definition) is 5. The molecule has 0 spiro atoms. The Bertz CT molecular complexity index is 203. The first kappa shape index (κ1) is 14.5. The van der Waals surface area contributed by atoms with E-state index in [-0.39, 0.29) is 6.61 Å². The second-order valence-corrected chi connectivity index (χ2v) is 3.30. The summed E-state index contributed by atoms with van der Waals surface area (Å²) >= 11 is 0. The zero-order valence-corrected chi connectivity index (χ0v) is 9.44. The zero-order chi connectivity index (χ0) is 12.2. The van der Waals surface area contributed by atoms with E-state index in [1.807, 2.05) is 0 Å². The molecule has 0 fully saturated rings. The predicted molar refractivity (Wildman–Crippen MR) is 54.9 cm³/mol. The smallest absolute Gasteiger partial charge is 0.447 e. The fraction of sp³-hybridized carbons (Fsp3) is 0.800. The molecule has 0 amide bonds. The second kappa shape index (κ2) is 10.1. The summed E-state index contributed by atoms with van der Waals surface area (Å²) in [6, 6.07) is 0. The topological polar surface area (TPSA) is 82.1 Å². The van der Waals surface area contributed by atoms with Crippen LogP contribution in [0.4, 0.5) is 9.59 Å². The third-order valence-electron chi connectivity index (χ3n) is 1.90. The van der Waals surface area contributed by atoms with Crippen LogP contribution in [0.15, 0.2) is 0 Å². The molecule has 0 bridgehead atoms. The molecule has 0 aliphatic rings. The maximum Gasteiger partial charge on any atom is 0.549 e. The molecular weight excluding hydrogens is 216 g/mol. The summed E-state index contributed by atoms with van der Waals surface area (Å²) in [6.45, 7) is 2.36. The predicted octanol–water partition coefficient (Wildman–Crippen LogP) is 3.11. The van der Waals surface area contributed by atoms with Crippen LogP contribution in [0.5, 0.6) is 0 Å². The molecule has 0 aromatic carbocycles. The highest BCUT2D eigenvalue weighted by molar-refractivity contribution is 5.62. The SMILES string of the molecule is CCCCCCCCOC(=O)OOC(=O)O. The van der Waals surface area contributed by atoms with Gasteiger partial charge in [0.25, 0.3) is 0 Å². The minimum Gasteiger partial charge on any atom is -0.447 e. The van der Waals surface area contributed by atoms with E-state index >= 15 is 0 Å². The molecule has 6 heteroatoms. The van der Waals surface area contributed by atoms with Gasteiger partial charge in [-0.25, -0.2) is 9.68 Å². The van der Waals surface area contributed by atoms with E-state index < -0.39 is 12.3 Å². The maximum atomic E-state index is 10.6. The third-order valence-corrected chi connectivity index (χ3v) is 1.90. The average Bonchev–Trinajstić information content (AvgIpc) is 2.25. The first-order chi connectivity index (χ1) is 7.66. The summed E-state index contributed by atoms with van der Waals surface area (Å²) in [5, 5.41) is 8.00. The average molecular weight is 234 g/mol. The van der Waals surface area contributed by atoms with Gasteiger partial charge in [-0.05, 0) is 6.42 Å². The quantitative estimate of drug-likeness (QED) is 0.315. The first-order valence-electron chi connectivity index (χ1n) is 5.41. The van der Waals surface area contributed by atoms with Crippen molar-refractivity contribution in [3.63, 3.8) is 0 Å². The molecule has 0 heterocycles. The van der Waals surface area contributed by atoms with Gasteiger partial charge in [-0.15, -0.1) is 0 Å². The molecule has 0 atom stereocenters. The Morgan fingerprint density at radius 1 is 1.00 bits per heavy atom. The van der Waals surface area contributed by atoms with Crippen molar-refractivity contribution in [2.75, 3.05) is 6.61 Å². The molecule has 0 aromatic rings. The van der Waals surface area contributed by atoms with Gasteiger partial charge in [0, 0.05) is 0 Å². The molecule has 0 rings (SSSR count). The maximum absolute atomic E-state index is 10.6. The molecule has 0 saturated carbocycles. The van der Waals surface area contributed by atoms with E-state index in [4.69, 9.17) is 5.11 Å². The molecule has 0 aliphatic carbocycles. The molecule has 6 nitrogen and oxygen atoms in total. The Morgan fingerprint density at radius 3 is 2.25 bits per heavy atom. The largest absolute Gasteiger partial charge is 0.549 e.